The summed E-state index contributed by atoms with van der Waals surface area (Å²) in [5, 5.41) is 9.91. The summed E-state index contributed by atoms with van der Waals surface area (Å²) in [7, 11) is 1.26. The van der Waals surface area contributed by atoms with Crippen LogP contribution in [0.3, 0.4) is 0 Å². The van der Waals surface area contributed by atoms with E-state index in [2.05, 4.69) is 4.74 Å². The lowest BCUT2D eigenvalue weighted by molar-refractivity contribution is -0.155. The van der Waals surface area contributed by atoms with E-state index in [0.717, 1.165) is 0 Å². The number of likely N-dealkylation sites (tertiary alicyclic amines) is 1. The van der Waals surface area contributed by atoms with Gasteiger partial charge in [0.05, 0.1) is 7.11 Å². The van der Waals surface area contributed by atoms with E-state index in [4.69, 9.17) is 4.74 Å². The second kappa shape index (κ2) is 6.43. The van der Waals surface area contributed by atoms with Crippen LogP contribution in [-0.2, 0) is 14.3 Å². The Morgan fingerprint density at radius 1 is 1.35 bits per heavy atom. The summed E-state index contributed by atoms with van der Waals surface area (Å²) in [6.45, 7) is 8.31. The molecule has 1 amide bonds. The molecule has 6 nitrogen and oxygen atoms in total. The molecule has 1 aliphatic rings. The number of carbonyl (C=O) groups is 2. The van der Waals surface area contributed by atoms with Crippen molar-refractivity contribution in [2.45, 2.75) is 45.8 Å². The Morgan fingerprint density at radius 3 is 2.40 bits per heavy atom. The van der Waals surface area contributed by atoms with Crippen LogP contribution in [0.25, 0.3) is 0 Å². The lowest BCUT2D eigenvalue weighted by Gasteiger charge is -2.38. The summed E-state index contributed by atoms with van der Waals surface area (Å²) in [6, 6.07) is 0. The summed E-state index contributed by atoms with van der Waals surface area (Å²) in [6.07, 6.45) is -0.928. The molecule has 1 fully saturated rings. The molecule has 0 bridgehead atoms. The topological polar surface area (TPSA) is 76.1 Å². The highest BCUT2D eigenvalue weighted by Gasteiger charge is 2.37. The van der Waals surface area contributed by atoms with Crippen LogP contribution in [-0.4, -0.2) is 54.0 Å². The number of hydrogen-bond acceptors (Lipinski definition) is 5. The first-order valence-electron chi connectivity index (χ1n) is 6.89. The Hall–Kier alpha value is -1.30. The number of aliphatic hydroxyl groups excluding tert-OH is 1. The lowest BCUT2D eigenvalue weighted by atomic mass is 9.83. The van der Waals surface area contributed by atoms with Crippen molar-refractivity contribution in [3.8, 4) is 0 Å². The smallest absolute Gasteiger partial charge is 0.410 e. The van der Waals surface area contributed by atoms with Gasteiger partial charge >= 0.3 is 12.1 Å². The van der Waals surface area contributed by atoms with Gasteiger partial charge < -0.3 is 19.5 Å². The minimum atomic E-state index is -1.13. The Kier molecular flexibility index (Phi) is 5.39. The molecule has 1 saturated heterocycles. The van der Waals surface area contributed by atoms with Gasteiger partial charge in [-0.05, 0) is 33.1 Å². The van der Waals surface area contributed by atoms with Gasteiger partial charge in [0, 0.05) is 19.0 Å². The molecule has 1 rings (SSSR count). The van der Waals surface area contributed by atoms with Crippen molar-refractivity contribution in [1.29, 1.82) is 0 Å². The molecule has 1 N–H and O–H groups in total. The molecule has 0 spiro atoms. The maximum Gasteiger partial charge on any atom is 0.410 e. The normalized spacial score (nSPS) is 25.0. The Bertz CT molecular complexity index is 363. The van der Waals surface area contributed by atoms with Crippen LogP contribution in [0.2, 0.25) is 0 Å². The summed E-state index contributed by atoms with van der Waals surface area (Å²) in [5.74, 6) is -0.806. The summed E-state index contributed by atoms with van der Waals surface area (Å²) < 4.78 is 9.88. The standard InChI is InChI=1S/C14H25NO5/c1-9-8-15(13(18)20-14(2,3)4)7-6-10(9)11(16)12(17)19-5/h9-11,16H,6-8H2,1-5H3. The maximum atomic E-state index is 12.0. The molecule has 1 heterocycles. The van der Waals surface area contributed by atoms with Crippen LogP contribution in [0.15, 0.2) is 0 Å². The number of methoxy groups -OCH3 is 1. The van der Waals surface area contributed by atoms with Crippen LogP contribution < -0.4 is 0 Å². The van der Waals surface area contributed by atoms with Crippen molar-refractivity contribution >= 4 is 12.1 Å². The molecule has 116 valence electrons. The fourth-order valence-electron chi connectivity index (χ4n) is 2.42. The van der Waals surface area contributed by atoms with E-state index in [9.17, 15) is 14.7 Å². The zero-order chi connectivity index (χ0) is 15.5. The van der Waals surface area contributed by atoms with Crippen molar-refractivity contribution < 1.29 is 24.2 Å². The fraction of sp³-hybridized carbons (Fsp3) is 0.857. The summed E-state index contributed by atoms with van der Waals surface area (Å²) in [4.78, 5) is 25.0. The molecule has 1 aliphatic heterocycles. The van der Waals surface area contributed by atoms with E-state index in [1.54, 1.807) is 4.90 Å². The summed E-state index contributed by atoms with van der Waals surface area (Å²) >= 11 is 0. The number of piperidine rings is 1. The van der Waals surface area contributed by atoms with Gasteiger partial charge in [-0.25, -0.2) is 9.59 Å². The number of esters is 1. The van der Waals surface area contributed by atoms with Crippen LogP contribution in [0.5, 0.6) is 0 Å². The number of carbonyl (C=O) groups excluding carboxylic acids is 2. The number of aliphatic hydroxyl groups is 1. The number of rotatable bonds is 2. The molecule has 0 aromatic carbocycles. The second-order valence-corrected chi connectivity index (χ2v) is 6.32. The number of ether oxygens (including phenoxy) is 2. The van der Waals surface area contributed by atoms with E-state index in [0.29, 0.717) is 19.5 Å². The van der Waals surface area contributed by atoms with Crippen molar-refractivity contribution in [3.63, 3.8) is 0 Å². The quantitative estimate of drug-likeness (QED) is 0.777. The average molecular weight is 287 g/mol. The third-order valence-electron chi connectivity index (χ3n) is 3.47. The molecule has 0 radical (unpaired) electrons. The second-order valence-electron chi connectivity index (χ2n) is 6.32. The third-order valence-corrected chi connectivity index (χ3v) is 3.47. The Labute approximate surface area is 120 Å². The highest BCUT2D eigenvalue weighted by Crippen LogP contribution is 2.27. The molecule has 0 aromatic rings. The lowest BCUT2D eigenvalue weighted by Crippen LogP contribution is -2.49. The van der Waals surface area contributed by atoms with E-state index >= 15 is 0 Å². The highest BCUT2D eigenvalue weighted by atomic mass is 16.6. The first kappa shape index (κ1) is 16.8. The van der Waals surface area contributed by atoms with Gasteiger partial charge in [-0.1, -0.05) is 6.92 Å². The van der Waals surface area contributed by atoms with Gasteiger partial charge in [0.2, 0.25) is 0 Å². The van der Waals surface area contributed by atoms with Crippen LogP contribution in [0.4, 0.5) is 4.79 Å². The molecular formula is C14H25NO5. The SMILES string of the molecule is COC(=O)C(O)C1CCN(C(=O)OC(C)(C)C)CC1C. The minimum absolute atomic E-state index is 0.00497. The Morgan fingerprint density at radius 2 is 1.95 bits per heavy atom. The molecule has 0 saturated carbocycles. The first-order valence-corrected chi connectivity index (χ1v) is 6.89. The van der Waals surface area contributed by atoms with Crippen molar-refractivity contribution in [1.82, 2.24) is 4.90 Å². The first-order chi connectivity index (χ1) is 9.15. The molecule has 3 atom stereocenters. The van der Waals surface area contributed by atoms with Gasteiger partial charge in [-0.3, -0.25) is 0 Å². The highest BCUT2D eigenvalue weighted by molar-refractivity contribution is 5.74. The molecular weight excluding hydrogens is 262 g/mol. The third kappa shape index (κ3) is 4.37. The van der Waals surface area contributed by atoms with Gasteiger partial charge in [-0.2, -0.15) is 0 Å². The van der Waals surface area contributed by atoms with Crippen LogP contribution in [0, 0.1) is 11.8 Å². The minimum Gasteiger partial charge on any atom is -0.467 e. The summed E-state index contributed by atoms with van der Waals surface area (Å²) in [5.41, 5.74) is -0.525. The Balaban J connectivity index is 2.59. The van der Waals surface area contributed by atoms with Gasteiger partial charge in [-0.15, -0.1) is 0 Å². The molecule has 0 aromatic heterocycles. The number of hydrogen-bond donors (Lipinski definition) is 1. The predicted molar refractivity (Wildman–Crippen MR) is 73.1 cm³/mol. The predicted octanol–water partition coefficient (Wildman–Crippen LogP) is 1.41. The number of nitrogens with zero attached hydrogens (tertiary/aromatic N) is 1. The van der Waals surface area contributed by atoms with Crippen LogP contribution >= 0.6 is 0 Å². The van der Waals surface area contributed by atoms with Gasteiger partial charge in [0.1, 0.15) is 5.60 Å². The van der Waals surface area contributed by atoms with Gasteiger partial charge in [0.15, 0.2) is 6.10 Å². The average Bonchev–Trinajstić information content (AvgIpc) is 2.34. The van der Waals surface area contributed by atoms with Crippen LogP contribution in [0.1, 0.15) is 34.1 Å². The van der Waals surface area contributed by atoms with E-state index in [1.165, 1.54) is 7.11 Å². The monoisotopic (exact) mass is 287 g/mol. The van der Waals surface area contributed by atoms with E-state index in [-0.39, 0.29) is 17.9 Å². The zero-order valence-corrected chi connectivity index (χ0v) is 12.9. The van der Waals surface area contributed by atoms with E-state index in [1.807, 2.05) is 27.7 Å². The largest absolute Gasteiger partial charge is 0.467 e. The fourth-order valence-corrected chi connectivity index (χ4v) is 2.42. The maximum absolute atomic E-state index is 12.0. The van der Waals surface area contributed by atoms with Crippen molar-refractivity contribution in [3.05, 3.63) is 0 Å². The number of amides is 1. The molecule has 0 aliphatic carbocycles. The molecule has 6 heteroatoms. The molecule has 3 unspecified atom stereocenters. The molecule has 20 heavy (non-hydrogen) atoms. The van der Waals surface area contributed by atoms with Crippen molar-refractivity contribution in [2.24, 2.45) is 11.8 Å². The van der Waals surface area contributed by atoms with Crippen molar-refractivity contribution in [2.75, 3.05) is 20.2 Å². The van der Waals surface area contributed by atoms with Gasteiger partial charge in [0.25, 0.3) is 0 Å². The zero-order valence-electron chi connectivity index (χ0n) is 12.9. The van der Waals surface area contributed by atoms with E-state index < -0.39 is 17.7 Å².